The summed E-state index contributed by atoms with van der Waals surface area (Å²) < 4.78 is 0. The van der Waals surface area contributed by atoms with Crippen LogP contribution >= 0.6 is 0 Å². The lowest BCUT2D eigenvalue weighted by atomic mass is 10.1. The van der Waals surface area contributed by atoms with E-state index in [1.165, 1.54) is 0 Å². The van der Waals surface area contributed by atoms with Crippen molar-refractivity contribution in [3.63, 3.8) is 0 Å². The van der Waals surface area contributed by atoms with Gasteiger partial charge in [-0.2, -0.15) is 0 Å². The van der Waals surface area contributed by atoms with Gasteiger partial charge in [-0.1, -0.05) is 54.6 Å². The lowest BCUT2D eigenvalue weighted by Gasteiger charge is -2.19. The predicted molar refractivity (Wildman–Crippen MR) is 114 cm³/mol. The summed E-state index contributed by atoms with van der Waals surface area (Å²) in [6.07, 6.45) is 5.00. The molecule has 0 radical (unpaired) electrons. The fourth-order valence-electron chi connectivity index (χ4n) is 3.00. The standard InChI is InChI=1S/C24H21N3/c1-4-10-19(11-5-1)25-22-16-23(26-20-12-6-2-7-13-20)18-24(17-22)27-21-14-8-3-9-15-21/h1-17,26-27H,18H2. The van der Waals surface area contributed by atoms with Crippen LogP contribution < -0.4 is 10.6 Å². The topological polar surface area (TPSA) is 36.4 Å². The van der Waals surface area contributed by atoms with Crippen LogP contribution in [-0.4, -0.2) is 5.71 Å². The van der Waals surface area contributed by atoms with Crippen molar-refractivity contribution in [3.8, 4) is 0 Å². The van der Waals surface area contributed by atoms with Gasteiger partial charge in [0.05, 0.1) is 11.4 Å². The monoisotopic (exact) mass is 351 g/mol. The molecule has 132 valence electrons. The molecule has 1 aliphatic rings. The second-order valence-corrected chi connectivity index (χ2v) is 6.37. The Bertz CT molecular complexity index is 912. The Morgan fingerprint density at radius 3 is 1.48 bits per heavy atom. The SMILES string of the molecule is C1=C(Nc2ccccc2)CC(Nc2ccccc2)=CC1=Nc1ccccc1. The molecule has 0 saturated carbocycles. The van der Waals surface area contributed by atoms with E-state index in [1.54, 1.807) is 0 Å². The molecule has 0 atom stereocenters. The number of nitrogens with one attached hydrogen (secondary N) is 2. The van der Waals surface area contributed by atoms with Gasteiger partial charge in [0.25, 0.3) is 0 Å². The normalized spacial score (nSPS) is 13.4. The summed E-state index contributed by atoms with van der Waals surface area (Å²) in [6.45, 7) is 0. The molecule has 3 aromatic carbocycles. The Morgan fingerprint density at radius 2 is 1.00 bits per heavy atom. The van der Waals surface area contributed by atoms with Crippen molar-refractivity contribution in [3.05, 3.63) is 115 Å². The summed E-state index contributed by atoms with van der Waals surface area (Å²) in [6, 6.07) is 30.5. The van der Waals surface area contributed by atoms with Crippen LogP contribution in [0.2, 0.25) is 0 Å². The van der Waals surface area contributed by atoms with E-state index in [-0.39, 0.29) is 0 Å². The van der Waals surface area contributed by atoms with Crippen LogP contribution in [0.5, 0.6) is 0 Å². The highest BCUT2D eigenvalue weighted by molar-refractivity contribution is 6.07. The summed E-state index contributed by atoms with van der Waals surface area (Å²) in [5, 5.41) is 7.02. The molecule has 0 amide bonds. The molecular weight excluding hydrogens is 330 g/mol. The predicted octanol–water partition coefficient (Wildman–Crippen LogP) is 6.15. The van der Waals surface area contributed by atoms with Crippen molar-refractivity contribution in [1.82, 2.24) is 0 Å². The van der Waals surface area contributed by atoms with E-state index >= 15 is 0 Å². The molecule has 0 aliphatic heterocycles. The van der Waals surface area contributed by atoms with Crippen LogP contribution in [0.15, 0.2) is 120 Å². The van der Waals surface area contributed by atoms with E-state index in [1.807, 2.05) is 66.7 Å². The fraction of sp³-hybridized carbons (Fsp3) is 0.0417. The first-order valence-corrected chi connectivity index (χ1v) is 9.04. The molecule has 2 N–H and O–H groups in total. The van der Waals surface area contributed by atoms with Crippen molar-refractivity contribution >= 4 is 22.8 Å². The van der Waals surface area contributed by atoms with Gasteiger partial charge in [-0.15, -0.1) is 0 Å². The molecular formula is C24H21N3. The summed E-state index contributed by atoms with van der Waals surface area (Å²) in [5.41, 5.74) is 6.23. The first-order chi connectivity index (χ1) is 13.3. The van der Waals surface area contributed by atoms with E-state index in [4.69, 9.17) is 4.99 Å². The van der Waals surface area contributed by atoms with Gasteiger partial charge in [-0.05, 0) is 48.6 Å². The van der Waals surface area contributed by atoms with Gasteiger partial charge in [0.15, 0.2) is 0 Å². The first kappa shape index (κ1) is 16.9. The molecule has 0 fully saturated rings. The minimum Gasteiger partial charge on any atom is -0.359 e. The van der Waals surface area contributed by atoms with E-state index in [0.717, 1.165) is 40.6 Å². The minimum absolute atomic E-state index is 0.789. The van der Waals surface area contributed by atoms with Crippen LogP contribution in [0, 0.1) is 0 Å². The third-order valence-corrected chi connectivity index (χ3v) is 4.20. The minimum atomic E-state index is 0.789. The summed E-state index contributed by atoms with van der Waals surface area (Å²) in [4.78, 5) is 4.79. The molecule has 3 nitrogen and oxygen atoms in total. The number of aliphatic imine (C=N–C) groups is 1. The summed E-state index contributed by atoms with van der Waals surface area (Å²) in [7, 11) is 0. The number of benzene rings is 3. The van der Waals surface area contributed by atoms with Crippen molar-refractivity contribution in [2.45, 2.75) is 6.42 Å². The van der Waals surface area contributed by atoms with Crippen LogP contribution in [0.4, 0.5) is 17.1 Å². The number of rotatable bonds is 5. The van der Waals surface area contributed by atoms with Gasteiger partial charge in [0.1, 0.15) is 0 Å². The quantitative estimate of drug-likeness (QED) is 0.578. The number of anilines is 2. The number of allylic oxidation sites excluding steroid dienone is 2. The van der Waals surface area contributed by atoms with Crippen molar-refractivity contribution in [2.75, 3.05) is 10.6 Å². The summed E-state index contributed by atoms with van der Waals surface area (Å²) >= 11 is 0. The van der Waals surface area contributed by atoms with Gasteiger partial charge >= 0.3 is 0 Å². The number of hydrogen-bond donors (Lipinski definition) is 2. The van der Waals surface area contributed by atoms with E-state index in [9.17, 15) is 0 Å². The van der Waals surface area contributed by atoms with Gasteiger partial charge < -0.3 is 10.6 Å². The Morgan fingerprint density at radius 1 is 0.556 bits per heavy atom. The Labute approximate surface area is 159 Å². The second-order valence-electron chi connectivity index (χ2n) is 6.37. The third kappa shape index (κ3) is 4.73. The van der Waals surface area contributed by atoms with Gasteiger partial charge in [0, 0.05) is 29.2 Å². The maximum Gasteiger partial charge on any atom is 0.0671 e. The molecule has 4 rings (SSSR count). The maximum atomic E-state index is 4.79. The van der Waals surface area contributed by atoms with Crippen LogP contribution in [0.25, 0.3) is 0 Å². The zero-order chi connectivity index (χ0) is 18.3. The van der Waals surface area contributed by atoms with E-state index < -0.39 is 0 Å². The number of hydrogen-bond acceptors (Lipinski definition) is 3. The Hall–Kier alpha value is -3.59. The van der Waals surface area contributed by atoms with Crippen LogP contribution in [-0.2, 0) is 0 Å². The number of nitrogens with zero attached hydrogens (tertiary/aromatic N) is 1. The Balaban J connectivity index is 1.62. The van der Waals surface area contributed by atoms with E-state index in [2.05, 4.69) is 47.1 Å². The zero-order valence-electron chi connectivity index (χ0n) is 15.0. The van der Waals surface area contributed by atoms with Crippen molar-refractivity contribution < 1.29 is 0 Å². The third-order valence-electron chi connectivity index (χ3n) is 4.20. The van der Waals surface area contributed by atoms with Gasteiger partial charge in [0.2, 0.25) is 0 Å². The molecule has 1 aliphatic carbocycles. The zero-order valence-corrected chi connectivity index (χ0v) is 15.0. The van der Waals surface area contributed by atoms with Crippen LogP contribution in [0.1, 0.15) is 6.42 Å². The summed E-state index contributed by atoms with van der Waals surface area (Å²) in [5.74, 6) is 0. The van der Waals surface area contributed by atoms with Gasteiger partial charge in [-0.3, -0.25) is 0 Å². The number of para-hydroxylation sites is 3. The molecule has 0 heterocycles. The van der Waals surface area contributed by atoms with Gasteiger partial charge in [-0.25, -0.2) is 4.99 Å². The highest BCUT2D eigenvalue weighted by Crippen LogP contribution is 2.23. The molecule has 0 aromatic heterocycles. The molecule has 0 bridgehead atoms. The second kappa shape index (κ2) is 8.19. The maximum absolute atomic E-state index is 4.79. The van der Waals surface area contributed by atoms with E-state index in [0.29, 0.717) is 0 Å². The molecule has 3 heteroatoms. The lowest BCUT2D eigenvalue weighted by molar-refractivity contribution is 1.11. The Kier molecular flexibility index (Phi) is 5.11. The largest absolute Gasteiger partial charge is 0.359 e. The fourth-order valence-corrected chi connectivity index (χ4v) is 3.00. The average molecular weight is 351 g/mol. The smallest absolute Gasteiger partial charge is 0.0671 e. The lowest BCUT2D eigenvalue weighted by Crippen LogP contribution is -2.13. The van der Waals surface area contributed by atoms with Crippen LogP contribution in [0.3, 0.4) is 0 Å². The van der Waals surface area contributed by atoms with Crippen molar-refractivity contribution in [1.29, 1.82) is 0 Å². The molecule has 27 heavy (non-hydrogen) atoms. The molecule has 0 saturated heterocycles. The first-order valence-electron chi connectivity index (χ1n) is 9.04. The average Bonchev–Trinajstić information content (AvgIpc) is 2.70. The highest BCUT2D eigenvalue weighted by atomic mass is 14.9. The van der Waals surface area contributed by atoms with Crippen molar-refractivity contribution in [2.24, 2.45) is 4.99 Å². The highest BCUT2D eigenvalue weighted by Gasteiger charge is 2.12. The molecule has 0 unspecified atom stereocenters. The molecule has 3 aromatic rings. The molecule has 0 spiro atoms.